The number of benzene rings is 1. The fourth-order valence-electron chi connectivity index (χ4n) is 5.82. The summed E-state index contributed by atoms with van der Waals surface area (Å²) in [6, 6.07) is 8.01. The molecular weight excluding hydrogens is 584 g/mol. The number of pyridine rings is 1. The van der Waals surface area contributed by atoms with E-state index >= 15 is 0 Å². The van der Waals surface area contributed by atoms with Crippen LogP contribution in [0, 0.1) is 0 Å². The number of aliphatic hydroxyl groups excluding tert-OH is 1. The molecule has 12 nitrogen and oxygen atoms in total. The highest BCUT2D eigenvalue weighted by Gasteiger charge is 2.45. The highest BCUT2D eigenvalue weighted by atomic mass is 32.2. The highest BCUT2D eigenvalue weighted by Crippen LogP contribution is 2.38. The number of aromatic nitrogens is 1. The Morgan fingerprint density at radius 3 is 2.69 bits per heavy atom. The van der Waals surface area contributed by atoms with Crippen molar-refractivity contribution in [1.29, 1.82) is 0 Å². The predicted octanol–water partition coefficient (Wildman–Crippen LogP) is 1.19. The van der Waals surface area contributed by atoms with E-state index < -0.39 is 31.6 Å². The van der Waals surface area contributed by atoms with Crippen LogP contribution in [0.5, 0.6) is 11.5 Å². The number of hydrogen-bond acceptors (Lipinski definition) is 11. The van der Waals surface area contributed by atoms with Crippen LogP contribution >= 0.6 is 0 Å². The third kappa shape index (κ3) is 6.10. The lowest BCUT2D eigenvalue weighted by molar-refractivity contribution is -0.0312. The molecule has 1 unspecified atom stereocenters. The largest absolute Gasteiger partial charge is 0.491 e. The molecule has 14 heteroatoms. The molecule has 230 valence electrons. The first-order chi connectivity index (χ1) is 20.1. The lowest BCUT2D eigenvalue weighted by atomic mass is 9.88. The Morgan fingerprint density at radius 1 is 1.14 bits per heavy atom. The standard InChI is InChI=1S/C28H38N4O8S2/c1-31-11-12-38-26-14-25(17-30-27(26)31)42(36,37)32-9-7-28(8-10-32)15-20(18-40-28)29-16-21(33)19-39-22-3-2-4-24(13-22)41(34,35)23-5-6-23/h2-4,13-14,17,20-21,23,29,33H,5-12,15-16,18-19H2,1H3/t20-,21?/m1/s1. The molecular formula is C28H38N4O8S2. The third-order valence-electron chi connectivity index (χ3n) is 8.52. The molecule has 3 aliphatic heterocycles. The van der Waals surface area contributed by atoms with E-state index in [0.717, 1.165) is 6.42 Å². The quantitative estimate of drug-likeness (QED) is 0.394. The maximum absolute atomic E-state index is 13.4. The van der Waals surface area contributed by atoms with Crippen LogP contribution in [0.2, 0.25) is 0 Å². The van der Waals surface area contributed by atoms with Gasteiger partial charge in [0.15, 0.2) is 21.4 Å². The Labute approximate surface area is 246 Å². The summed E-state index contributed by atoms with van der Waals surface area (Å²) >= 11 is 0. The number of nitrogens with zero attached hydrogens (tertiary/aromatic N) is 3. The first-order valence-electron chi connectivity index (χ1n) is 14.4. The molecule has 2 aromatic rings. The van der Waals surface area contributed by atoms with Crippen LogP contribution < -0.4 is 19.7 Å². The van der Waals surface area contributed by atoms with E-state index in [1.807, 2.05) is 11.9 Å². The SMILES string of the molecule is CN1CCOc2cc(S(=O)(=O)N3CCC4(CC3)C[C@@H](NCC(O)COc3cccc(S(=O)(=O)C5CC5)c3)CO4)cnc21. The number of likely N-dealkylation sites (N-methyl/N-ethyl adjacent to an activating group) is 1. The molecule has 4 aliphatic rings. The summed E-state index contributed by atoms with van der Waals surface area (Å²) in [6.45, 7) is 2.65. The Balaban J connectivity index is 0.966. The number of anilines is 1. The van der Waals surface area contributed by atoms with Crippen LogP contribution in [-0.2, 0) is 24.6 Å². The third-order valence-corrected chi connectivity index (χ3v) is 12.6. The zero-order chi connectivity index (χ0) is 29.5. The minimum Gasteiger partial charge on any atom is -0.491 e. The van der Waals surface area contributed by atoms with Crippen molar-refractivity contribution in [1.82, 2.24) is 14.6 Å². The van der Waals surface area contributed by atoms with Crippen LogP contribution in [0.25, 0.3) is 0 Å². The van der Waals surface area contributed by atoms with Gasteiger partial charge in [0.25, 0.3) is 0 Å². The first kappa shape index (κ1) is 29.6. The smallest absolute Gasteiger partial charge is 0.244 e. The van der Waals surface area contributed by atoms with Crippen LogP contribution in [-0.4, -0.2) is 107 Å². The fraction of sp³-hybridized carbons (Fsp3) is 0.607. The number of hydrogen-bond donors (Lipinski definition) is 2. The molecule has 1 aromatic carbocycles. The van der Waals surface area contributed by atoms with Gasteiger partial charge in [0.05, 0.1) is 28.9 Å². The van der Waals surface area contributed by atoms with Gasteiger partial charge in [-0.15, -0.1) is 0 Å². The van der Waals surface area contributed by atoms with Crippen LogP contribution in [0.1, 0.15) is 32.1 Å². The summed E-state index contributed by atoms with van der Waals surface area (Å²) < 4.78 is 70.7. The predicted molar refractivity (Wildman–Crippen MR) is 154 cm³/mol. The molecule has 2 atom stereocenters. The van der Waals surface area contributed by atoms with E-state index in [-0.39, 0.29) is 34.2 Å². The molecule has 1 aromatic heterocycles. The topological polar surface area (TPSA) is 148 Å². The van der Waals surface area contributed by atoms with Crippen LogP contribution in [0.4, 0.5) is 5.82 Å². The van der Waals surface area contributed by atoms with E-state index in [4.69, 9.17) is 14.2 Å². The molecule has 0 amide bonds. The van der Waals surface area contributed by atoms with E-state index in [2.05, 4.69) is 10.3 Å². The van der Waals surface area contributed by atoms with Gasteiger partial charge in [-0.05, 0) is 50.3 Å². The lowest BCUT2D eigenvalue weighted by Gasteiger charge is -2.38. The van der Waals surface area contributed by atoms with Gasteiger partial charge >= 0.3 is 0 Å². The van der Waals surface area contributed by atoms with Crippen molar-refractivity contribution in [3.63, 3.8) is 0 Å². The number of sulfonamides is 1. The van der Waals surface area contributed by atoms with Crippen molar-refractivity contribution in [2.75, 3.05) is 57.9 Å². The molecule has 0 radical (unpaired) electrons. The van der Waals surface area contributed by atoms with Crippen molar-refractivity contribution in [2.24, 2.45) is 0 Å². The van der Waals surface area contributed by atoms with Crippen molar-refractivity contribution >= 4 is 25.7 Å². The van der Waals surface area contributed by atoms with Gasteiger partial charge in [-0.2, -0.15) is 4.31 Å². The van der Waals surface area contributed by atoms with Gasteiger partial charge < -0.3 is 29.5 Å². The van der Waals surface area contributed by atoms with Gasteiger partial charge in [-0.25, -0.2) is 21.8 Å². The molecule has 2 saturated heterocycles. The van der Waals surface area contributed by atoms with Crippen molar-refractivity contribution in [2.45, 2.75) is 64.9 Å². The number of piperidine rings is 1. The minimum absolute atomic E-state index is 0.0182. The lowest BCUT2D eigenvalue weighted by Crippen LogP contribution is -2.47. The fourth-order valence-corrected chi connectivity index (χ4v) is 8.92. The van der Waals surface area contributed by atoms with E-state index in [1.54, 1.807) is 24.3 Å². The van der Waals surface area contributed by atoms with Crippen molar-refractivity contribution < 1.29 is 36.2 Å². The molecule has 3 fully saturated rings. The summed E-state index contributed by atoms with van der Waals surface area (Å²) in [5.74, 6) is 1.53. The zero-order valence-corrected chi connectivity index (χ0v) is 25.3. The van der Waals surface area contributed by atoms with Gasteiger partial charge in [-0.1, -0.05) is 6.07 Å². The zero-order valence-electron chi connectivity index (χ0n) is 23.6. The van der Waals surface area contributed by atoms with Crippen molar-refractivity contribution in [3.05, 3.63) is 36.5 Å². The second-order valence-electron chi connectivity index (χ2n) is 11.7. The highest BCUT2D eigenvalue weighted by molar-refractivity contribution is 7.92. The summed E-state index contributed by atoms with van der Waals surface area (Å²) in [5, 5.41) is 13.5. The van der Waals surface area contributed by atoms with Gasteiger partial charge in [0, 0.05) is 45.0 Å². The molecule has 6 rings (SSSR count). The van der Waals surface area contributed by atoms with E-state index in [0.29, 0.717) is 75.8 Å². The Morgan fingerprint density at radius 2 is 1.93 bits per heavy atom. The van der Waals surface area contributed by atoms with E-state index in [9.17, 15) is 21.9 Å². The molecule has 0 bridgehead atoms. The van der Waals surface area contributed by atoms with Gasteiger partial charge in [0.1, 0.15) is 30.0 Å². The van der Waals surface area contributed by atoms with Crippen molar-refractivity contribution in [3.8, 4) is 11.5 Å². The van der Waals surface area contributed by atoms with E-state index in [1.165, 1.54) is 16.6 Å². The molecule has 1 spiro atoms. The number of fused-ring (bicyclic) bond motifs is 1. The Kier molecular flexibility index (Phi) is 8.13. The number of nitrogens with one attached hydrogen (secondary N) is 1. The minimum atomic E-state index is -3.71. The summed E-state index contributed by atoms with van der Waals surface area (Å²) in [5.41, 5.74) is -0.404. The maximum atomic E-state index is 13.4. The van der Waals surface area contributed by atoms with Crippen LogP contribution in [0.3, 0.4) is 0 Å². The molecule has 42 heavy (non-hydrogen) atoms. The number of ether oxygens (including phenoxy) is 3. The second-order valence-corrected chi connectivity index (χ2v) is 15.8. The maximum Gasteiger partial charge on any atom is 0.244 e. The average molecular weight is 623 g/mol. The molecule has 1 aliphatic carbocycles. The van der Waals surface area contributed by atoms with Crippen LogP contribution in [0.15, 0.2) is 46.3 Å². The second kappa shape index (κ2) is 11.5. The molecule has 4 heterocycles. The number of sulfone groups is 1. The summed E-state index contributed by atoms with van der Waals surface area (Å²) in [4.78, 5) is 6.66. The molecule has 1 saturated carbocycles. The average Bonchev–Trinajstić information content (AvgIpc) is 3.78. The van der Waals surface area contributed by atoms with Gasteiger partial charge in [-0.3, -0.25) is 0 Å². The summed E-state index contributed by atoms with van der Waals surface area (Å²) in [7, 11) is -5.12. The Bertz CT molecular complexity index is 1510. The number of rotatable bonds is 10. The monoisotopic (exact) mass is 622 g/mol. The molecule has 2 N–H and O–H groups in total. The number of aliphatic hydroxyl groups is 1. The summed E-state index contributed by atoms with van der Waals surface area (Å²) in [6.07, 6.45) is 3.87. The first-order valence-corrected chi connectivity index (χ1v) is 17.4. The van der Waals surface area contributed by atoms with Gasteiger partial charge in [0.2, 0.25) is 10.0 Å². The Hall–Kier alpha value is -2.49. The normalized spacial score (nSPS) is 23.4.